The van der Waals surface area contributed by atoms with Gasteiger partial charge >= 0.3 is 0 Å². The molecule has 0 fully saturated rings. The Morgan fingerprint density at radius 2 is 1.18 bits per heavy atom. The van der Waals surface area contributed by atoms with Crippen LogP contribution in [0, 0.1) is 6.92 Å². The first kappa shape index (κ1) is 27.1. The van der Waals surface area contributed by atoms with Gasteiger partial charge in [-0.1, -0.05) is 115 Å². The van der Waals surface area contributed by atoms with Crippen LogP contribution in [0.2, 0.25) is 0 Å². The highest BCUT2D eigenvalue weighted by Crippen LogP contribution is 2.20. The first-order valence-electron chi connectivity index (χ1n) is 13.2. The van der Waals surface area contributed by atoms with E-state index in [2.05, 4.69) is 6.92 Å². The minimum Gasteiger partial charge on any atom is -0.456 e. The van der Waals surface area contributed by atoms with Crippen LogP contribution in [0.15, 0.2) is 51.7 Å². The maximum absolute atomic E-state index is 12.2. The fourth-order valence-corrected chi connectivity index (χ4v) is 4.27. The van der Waals surface area contributed by atoms with Gasteiger partial charge in [-0.2, -0.15) is 0 Å². The summed E-state index contributed by atoms with van der Waals surface area (Å²) in [4.78, 5) is 12.2. The van der Waals surface area contributed by atoms with Crippen LogP contribution in [0.25, 0.3) is 21.9 Å². The summed E-state index contributed by atoms with van der Waals surface area (Å²) >= 11 is 0. The number of hydrogen-bond acceptors (Lipinski definition) is 3. The van der Waals surface area contributed by atoms with Crippen molar-refractivity contribution in [2.75, 3.05) is 6.61 Å². The predicted octanol–water partition coefficient (Wildman–Crippen LogP) is 8.71. The van der Waals surface area contributed by atoms with Crippen molar-refractivity contribution in [2.45, 2.75) is 104 Å². The van der Waals surface area contributed by atoms with Crippen LogP contribution in [0.5, 0.6) is 0 Å². The minimum absolute atomic E-state index is 0.0422. The average molecular weight is 453 g/mol. The standard InChI is InChI=1S/C16H34O.C14H10O2/c1-2-3-4-5-6-7-8-9-10-11-12-13-14-15-16-17;1-9-5-4-7-11-13(15)10-6-2-3-8-12(10)16-14(9)11/h17H,2-16H2,1H3;2-8H,1H3. The van der Waals surface area contributed by atoms with E-state index in [1.807, 2.05) is 37.3 Å². The number of aliphatic hydroxyl groups excluding tert-OH is 1. The average Bonchev–Trinajstić information content (AvgIpc) is 2.83. The van der Waals surface area contributed by atoms with E-state index >= 15 is 0 Å². The third-order valence-electron chi connectivity index (χ3n) is 6.31. The van der Waals surface area contributed by atoms with Crippen LogP contribution < -0.4 is 5.43 Å². The summed E-state index contributed by atoms with van der Waals surface area (Å²) in [7, 11) is 0. The molecule has 0 radical (unpaired) electrons. The van der Waals surface area contributed by atoms with Gasteiger partial charge in [0.1, 0.15) is 11.2 Å². The molecule has 3 nitrogen and oxygen atoms in total. The molecule has 0 saturated carbocycles. The topological polar surface area (TPSA) is 50.4 Å². The van der Waals surface area contributed by atoms with Gasteiger partial charge in [0.25, 0.3) is 0 Å². The molecule has 1 aromatic heterocycles. The molecule has 182 valence electrons. The maximum Gasteiger partial charge on any atom is 0.200 e. The van der Waals surface area contributed by atoms with Crippen molar-refractivity contribution >= 4 is 21.9 Å². The molecule has 3 heteroatoms. The van der Waals surface area contributed by atoms with E-state index in [9.17, 15) is 4.79 Å². The number of aliphatic hydroxyl groups is 1. The normalized spacial score (nSPS) is 11.0. The molecule has 0 unspecified atom stereocenters. The first-order chi connectivity index (χ1) is 16.2. The van der Waals surface area contributed by atoms with E-state index in [1.165, 1.54) is 83.5 Å². The van der Waals surface area contributed by atoms with Gasteiger partial charge in [0.05, 0.1) is 10.8 Å². The molecule has 1 N–H and O–H groups in total. The predicted molar refractivity (Wildman–Crippen MR) is 142 cm³/mol. The molecule has 3 rings (SSSR count). The quantitative estimate of drug-likeness (QED) is 0.196. The van der Waals surface area contributed by atoms with Crippen LogP contribution >= 0.6 is 0 Å². The Kier molecular flexibility index (Phi) is 13.5. The highest BCUT2D eigenvalue weighted by molar-refractivity contribution is 5.90. The minimum atomic E-state index is 0.0422. The third kappa shape index (κ3) is 9.71. The zero-order chi connectivity index (χ0) is 23.7. The lowest BCUT2D eigenvalue weighted by molar-refractivity contribution is 0.282. The van der Waals surface area contributed by atoms with Crippen molar-refractivity contribution < 1.29 is 9.52 Å². The SMILES string of the molecule is CCCCCCCCCCCCCCCCO.Cc1cccc2c(=O)c3ccccc3oc12. The number of para-hydroxylation sites is 2. The number of rotatable bonds is 14. The van der Waals surface area contributed by atoms with E-state index < -0.39 is 0 Å². The molecule has 33 heavy (non-hydrogen) atoms. The van der Waals surface area contributed by atoms with E-state index in [0.29, 0.717) is 28.5 Å². The van der Waals surface area contributed by atoms with Crippen LogP contribution in [0.4, 0.5) is 0 Å². The molecule has 1 heterocycles. The van der Waals surface area contributed by atoms with Gasteiger partial charge in [-0.05, 0) is 37.1 Å². The zero-order valence-electron chi connectivity index (χ0n) is 20.9. The van der Waals surface area contributed by atoms with E-state index in [-0.39, 0.29) is 5.43 Å². The summed E-state index contributed by atoms with van der Waals surface area (Å²) in [6.45, 7) is 4.60. The van der Waals surface area contributed by atoms with Gasteiger partial charge in [-0.25, -0.2) is 0 Å². The Morgan fingerprint density at radius 1 is 0.667 bits per heavy atom. The second-order valence-electron chi connectivity index (χ2n) is 9.20. The van der Waals surface area contributed by atoms with E-state index in [0.717, 1.165) is 12.0 Å². The Bertz CT molecular complexity index is 959. The molecule has 0 bridgehead atoms. The van der Waals surface area contributed by atoms with Gasteiger partial charge in [0.2, 0.25) is 5.43 Å². The molecular weight excluding hydrogens is 408 g/mol. The summed E-state index contributed by atoms with van der Waals surface area (Å²) in [5, 5.41) is 9.93. The second kappa shape index (κ2) is 16.5. The molecule has 0 saturated heterocycles. The van der Waals surface area contributed by atoms with Crippen molar-refractivity contribution in [1.29, 1.82) is 0 Å². The lowest BCUT2D eigenvalue weighted by Crippen LogP contribution is -2.02. The number of hydrogen-bond donors (Lipinski definition) is 1. The van der Waals surface area contributed by atoms with Crippen molar-refractivity contribution in [3.8, 4) is 0 Å². The Hall–Kier alpha value is -2.13. The number of benzene rings is 2. The summed E-state index contributed by atoms with van der Waals surface area (Å²) in [5.41, 5.74) is 2.36. The fourth-order valence-electron chi connectivity index (χ4n) is 4.27. The van der Waals surface area contributed by atoms with Crippen molar-refractivity contribution in [3.05, 3.63) is 58.3 Å². The molecule has 0 amide bonds. The number of aryl methyl sites for hydroxylation is 1. The lowest BCUT2D eigenvalue weighted by Gasteiger charge is -2.02. The van der Waals surface area contributed by atoms with Crippen molar-refractivity contribution in [2.24, 2.45) is 0 Å². The van der Waals surface area contributed by atoms with Crippen molar-refractivity contribution in [1.82, 2.24) is 0 Å². The first-order valence-corrected chi connectivity index (χ1v) is 13.2. The van der Waals surface area contributed by atoms with Crippen LogP contribution in [0.3, 0.4) is 0 Å². The molecule has 2 aromatic carbocycles. The fraction of sp³-hybridized carbons (Fsp3) is 0.567. The molecule has 0 spiro atoms. The highest BCUT2D eigenvalue weighted by atomic mass is 16.3. The van der Waals surface area contributed by atoms with Crippen LogP contribution in [0.1, 0.15) is 102 Å². The second-order valence-corrected chi connectivity index (χ2v) is 9.20. The Balaban J connectivity index is 0.000000233. The molecule has 0 aliphatic carbocycles. The number of fused-ring (bicyclic) bond motifs is 2. The summed E-state index contributed by atoms with van der Waals surface area (Å²) in [6.07, 6.45) is 19.2. The maximum atomic E-state index is 12.2. The monoisotopic (exact) mass is 452 g/mol. The van der Waals surface area contributed by atoms with Gasteiger partial charge in [0.15, 0.2) is 0 Å². The zero-order valence-corrected chi connectivity index (χ0v) is 20.9. The van der Waals surface area contributed by atoms with E-state index in [1.54, 1.807) is 12.1 Å². The van der Waals surface area contributed by atoms with Gasteiger partial charge < -0.3 is 9.52 Å². The van der Waals surface area contributed by atoms with Gasteiger partial charge in [-0.15, -0.1) is 0 Å². The molecule has 0 aliphatic heterocycles. The Labute approximate surface area is 200 Å². The van der Waals surface area contributed by atoms with Crippen LogP contribution in [-0.2, 0) is 0 Å². The molecular formula is C30H44O3. The summed E-state index contributed by atoms with van der Waals surface area (Å²) in [6, 6.07) is 13.0. The van der Waals surface area contributed by atoms with Crippen LogP contribution in [-0.4, -0.2) is 11.7 Å². The van der Waals surface area contributed by atoms with E-state index in [4.69, 9.17) is 9.52 Å². The lowest BCUT2D eigenvalue weighted by atomic mass is 10.0. The highest BCUT2D eigenvalue weighted by Gasteiger charge is 2.07. The smallest absolute Gasteiger partial charge is 0.200 e. The third-order valence-corrected chi connectivity index (χ3v) is 6.31. The largest absolute Gasteiger partial charge is 0.456 e. The molecule has 3 aromatic rings. The number of unbranched alkanes of at least 4 members (excludes halogenated alkanes) is 13. The summed E-state index contributed by atoms with van der Waals surface area (Å²) in [5.74, 6) is 0. The Morgan fingerprint density at radius 3 is 1.76 bits per heavy atom. The van der Waals surface area contributed by atoms with Gasteiger partial charge in [0, 0.05) is 6.61 Å². The summed E-state index contributed by atoms with van der Waals surface area (Å²) < 4.78 is 5.76. The van der Waals surface area contributed by atoms with Crippen molar-refractivity contribution in [3.63, 3.8) is 0 Å². The van der Waals surface area contributed by atoms with Gasteiger partial charge in [-0.3, -0.25) is 4.79 Å². The molecule has 0 aliphatic rings. The molecule has 0 atom stereocenters.